The van der Waals surface area contributed by atoms with E-state index >= 15 is 0 Å². The molecule has 4 rings (SSSR count). The fourth-order valence-electron chi connectivity index (χ4n) is 9.30. The Morgan fingerprint density at radius 1 is 1.00 bits per heavy atom. The number of aliphatic hydroxyl groups is 1. The number of aliphatic hydroxyl groups excluding tert-OH is 1. The number of allylic oxidation sites excluding steroid dienone is 1. The molecule has 0 aromatic carbocycles. The molecule has 30 heavy (non-hydrogen) atoms. The van der Waals surface area contributed by atoms with Crippen LogP contribution in [0.15, 0.2) is 11.6 Å². The largest absolute Gasteiger partial charge is 0.393 e. The minimum absolute atomic E-state index is 0.0794. The Kier molecular flexibility index (Phi) is 6.53. The summed E-state index contributed by atoms with van der Waals surface area (Å²) in [7, 11) is 0. The maximum Gasteiger partial charge on any atom is 0.0577 e. The first-order valence-corrected chi connectivity index (χ1v) is 13.6. The minimum Gasteiger partial charge on any atom is -0.393 e. The lowest BCUT2D eigenvalue weighted by Gasteiger charge is -2.58. The van der Waals surface area contributed by atoms with E-state index in [1.54, 1.807) is 5.57 Å². The first kappa shape index (κ1) is 22.9. The smallest absolute Gasteiger partial charge is 0.0577 e. The standard InChI is InChI=1S/C29H50O/c1-7-21(19(2)3)9-8-20(4)25-12-13-26-24-11-10-22-18-23(30)14-16-28(22,5)27(24)15-17-29(25,26)6/h10,19-21,23-27,30H,7-9,11-18H2,1-6H3/t20-,21-,23+,24+,25-,26-,27-,28+,29-/m1/s1. The zero-order valence-corrected chi connectivity index (χ0v) is 20.9. The van der Waals surface area contributed by atoms with Crippen LogP contribution in [0.5, 0.6) is 0 Å². The summed E-state index contributed by atoms with van der Waals surface area (Å²) in [5.41, 5.74) is 2.59. The highest BCUT2D eigenvalue weighted by molar-refractivity contribution is 5.25. The molecule has 1 nitrogen and oxygen atoms in total. The van der Waals surface area contributed by atoms with Crippen LogP contribution in [-0.4, -0.2) is 11.2 Å². The molecule has 1 heteroatoms. The van der Waals surface area contributed by atoms with E-state index in [0.717, 1.165) is 54.3 Å². The second-order valence-corrected chi connectivity index (χ2v) is 12.9. The van der Waals surface area contributed by atoms with Crippen molar-refractivity contribution in [3.8, 4) is 0 Å². The molecular weight excluding hydrogens is 364 g/mol. The van der Waals surface area contributed by atoms with E-state index in [2.05, 4.69) is 47.6 Å². The second kappa shape index (κ2) is 8.57. The summed E-state index contributed by atoms with van der Waals surface area (Å²) in [6, 6.07) is 0. The van der Waals surface area contributed by atoms with Gasteiger partial charge in [0.15, 0.2) is 0 Å². The summed E-state index contributed by atoms with van der Waals surface area (Å²) in [5.74, 6) is 6.31. The van der Waals surface area contributed by atoms with E-state index < -0.39 is 0 Å². The van der Waals surface area contributed by atoms with E-state index in [1.165, 1.54) is 57.8 Å². The van der Waals surface area contributed by atoms with Gasteiger partial charge in [-0.1, -0.05) is 66.0 Å². The summed E-state index contributed by atoms with van der Waals surface area (Å²) >= 11 is 0. The third-order valence-electron chi connectivity index (χ3n) is 11.3. The van der Waals surface area contributed by atoms with E-state index in [4.69, 9.17) is 0 Å². The Morgan fingerprint density at radius 2 is 1.77 bits per heavy atom. The van der Waals surface area contributed by atoms with Crippen molar-refractivity contribution in [2.75, 3.05) is 0 Å². The van der Waals surface area contributed by atoms with Crippen molar-refractivity contribution in [1.82, 2.24) is 0 Å². The highest BCUT2D eigenvalue weighted by Gasteiger charge is 2.59. The lowest BCUT2D eigenvalue weighted by molar-refractivity contribution is -0.0575. The molecule has 0 spiro atoms. The predicted molar refractivity (Wildman–Crippen MR) is 128 cm³/mol. The highest BCUT2D eigenvalue weighted by atomic mass is 16.3. The molecule has 0 amide bonds. The van der Waals surface area contributed by atoms with Crippen LogP contribution in [0.25, 0.3) is 0 Å². The van der Waals surface area contributed by atoms with Gasteiger partial charge in [0, 0.05) is 0 Å². The molecule has 0 heterocycles. The van der Waals surface area contributed by atoms with Gasteiger partial charge in [0.1, 0.15) is 0 Å². The molecule has 3 fully saturated rings. The van der Waals surface area contributed by atoms with Gasteiger partial charge in [-0.05, 0) is 110 Å². The summed E-state index contributed by atoms with van der Waals surface area (Å²) in [6.07, 6.45) is 17.1. The summed E-state index contributed by atoms with van der Waals surface area (Å²) < 4.78 is 0. The lowest BCUT2D eigenvalue weighted by Crippen LogP contribution is -2.50. The van der Waals surface area contributed by atoms with Gasteiger partial charge in [-0.3, -0.25) is 0 Å². The fraction of sp³-hybridized carbons (Fsp3) is 0.931. The van der Waals surface area contributed by atoms with Crippen molar-refractivity contribution >= 4 is 0 Å². The van der Waals surface area contributed by atoms with Gasteiger partial charge in [-0.25, -0.2) is 0 Å². The number of rotatable bonds is 6. The normalized spacial score (nSPS) is 45.3. The Labute approximate surface area is 187 Å². The van der Waals surface area contributed by atoms with Gasteiger partial charge in [0.2, 0.25) is 0 Å². The molecule has 1 N–H and O–H groups in total. The van der Waals surface area contributed by atoms with Crippen LogP contribution in [0.4, 0.5) is 0 Å². The first-order chi connectivity index (χ1) is 14.2. The van der Waals surface area contributed by atoms with Crippen LogP contribution in [0.1, 0.15) is 112 Å². The van der Waals surface area contributed by atoms with Crippen molar-refractivity contribution in [2.45, 2.75) is 118 Å². The first-order valence-electron chi connectivity index (χ1n) is 13.6. The summed E-state index contributed by atoms with van der Waals surface area (Å²) in [6.45, 7) is 15.1. The van der Waals surface area contributed by atoms with Crippen molar-refractivity contribution in [2.24, 2.45) is 52.3 Å². The maximum atomic E-state index is 10.2. The van der Waals surface area contributed by atoms with E-state index in [0.29, 0.717) is 10.8 Å². The lowest BCUT2D eigenvalue weighted by atomic mass is 9.47. The van der Waals surface area contributed by atoms with Crippen LogP contribution in [-0.2, 0) is 0 Å². The predicted octanol–water partition coefficient (Wildman–Crippen LogP) is 8.02. The van der Waals surface area contributed by atoms with Gasteiger partial charge in [-0.2, -0.15) is 0 Å². The molecule has 0 aromatic heterocycles. The van der Waals surface area contributed by atoms with Crippen LogP contribution in [0.2, 0.25) is 0 Å². The Balaban J connectivity index is 1.47. The van der Waals surface area contributed by atoms with Crippen molar-refractivity contribution in [3.63, 3.8) is 0 Å². The van der Waals surface area contributed by atoms with Gasteiger partial charge < -0.3 is 5.11 Å². The number of hydrogen-bond acceptors (Lipinski definition) is 1. The van der Waals surface area contributed by atoms with Crippen LogP contribution in [0, 0.1) is 52.3 Å². The van der Waals surface area contributed by atoms with Crippen LogP contribution < -0.4 is 0 Å². The van der Waals surface area contributed by atoms with E-state index in [-0.39, 0.29) is 6.10 Å². The molecule has 0 radical (unpaired) electrons. The van der Waals surface area contributed by atoms with Gasteiger partial charge in [-0.15, -0.1) is 0 Å². The van der Waals surface area contributed by atoms with Gasteiger partial charge >= 0.3 is 0 Å². The van der Waals surface area contributed by atoms with Crippen LogP contribution in [0.3, 0.4) is 0 Å². The Morgan fingerprint density at radius 3 is 2.47 bits per heavy atom. The third-order valence-corrected chi connectivity index (χ3v) is 11.3. The molecule has 0 bridgehead atoms. The van der Waals surface area contributed by atoms with Crippen LogP contribution >= 0.6 is 0 Å². The fourth-order valence-corrected chi connectivity index (χ4v) is 9.30. The van der Waals surface area contributed by atoms with Crippen molar-refractivity contribution in [3.05, 3.63) is 11.6 Å². The minimum atomic E-state index is -0.0794. The molecule has 4 aliphatic rings. The molecule has 0 saturated heterocycles. The zero-order chi connectivity index (χ0) is 21.7. The summed E-state index contributed by atoms with van der Waals surface area (Å²) in [5, 5.41) is 10.2. The number of fused-ring (bicyclic) bond motifs is 5. The van der Waals surface area contributed by atoms with Crippen molar-refractivity contribution in [1.29, 1.82) is 0 Å². The third kappa shape index (κ3) is 3.74. The van der Waals surface area contributed by atoms with Gasteiger partial charge in [0.25, 0.3) is 0 Å². The molecule has 4 aliphatic carbocycles. The SMILES string of the molecule is CC[C@H](CC[C@@H](C)[C@H]1CC[C@@H]2[C@@H]3CC=C4C[C@@H](O)CC[C@]4(C)[C@@H]3CC[C@@]21C)C(C)C. The molecule has 172 valence electrons. The van der Waals surface area contributed by atoms with Gasteiger partial charge in [0.05, 0.1) is 6.10 Å². The Hall–Kier alpha value is -0.300. The van der Waals surface area contributed by atoms with E-state index in [1.807, 2.05) is 0 Å². The topological polar surface area (TPSA) is 20.2 Å². The maximum absolute atomic E-state index is 10.2. The monoisotopic (exact) mass is 414 g/mol. The molecule has 3 saturated carbocycles. The number of hydrogen-bond donors (Lipinski definition) is 1. The average molecular weight is 415 g/mol. The average Bonchev–Trinajstić information content (AvgIpc) is 3.06. The molecular formula is C29H50O. The molecule has 0 aliphatic heterocycles. The second-order valence-electron chi connectivity index (χ2n) is 12.9. The molecule has 9 atom stereocenters. The Bertz CT molecular complexity index is 634. The van der Waals surface area contributed by atoms with Crippen molar-refractivity contribution < 1.29 is 5.11 Å². The quantitative estimate of drug-likeness (QED) is 0.436. The van der Waals surface area contributed by atoms with E-state index in [9.17, 15) is 5.11 Å². The highest BCUT2D eigenvalue weighted by Crippen LogP contribution is 2.67. The summed E-state index contributed by atoms with van der Waals surface area (Å²) in [4.78, 5) is 0. The zero-order valence-electron chi connectivity index (χ0n) is 20.9. The molecule has 0 unspecified atom stereocenters. The molecule has 0 aromatic rings.